The Kier molecular flexibility index (Phi) is 2.40. The van der Waals surface area contributed by atoms with E-state index in [2.05, 4.69) is 0 Å². The molecule has 0 aromatic heterocycles. The van der Waals surface area contributed by atoms with Crippen LogP contribution in [0.2, 0.25) is 0 Å². The molecule has 3 nitrogen and oxygen atoms in total. The summed E-state index contributed by atoms with van der Waals surface area (Å²) in [6.45, 7) is 3.55. The van der Waals surface area contributed by atoms with Crippen molar-refractivity contribution in [2.75, 3.05) is 7.05 Å². The average Bonchev–Trinajstić information content (AvgIpc) is 1.67. The van der Waals surface area contributed by atoms with Gasteiger partial charge in [-0.1, -0.05) is 6.92 Å². The lowest BCUT2D eigenvalue weighted by molar-refractivity contribution is -0.0832. The number of nitrogens with two attached hydrogens (primary N) is 1. The number of hydrogen-bond donors (Lipinski definition) is 2. The topological polar surface area (TPSA) is 49.5 Å². The van der Waals surface area contributed by atoms with E-state index >= 15 is 0 Å². The third kappa shape index (κ3) is 1.78. The van der Waals surface area contributed by atoms with E-state index in [0.717, 1.165) is 0 Å². The molecule has 0 aliphatic heterocycles. The van der Waals surface area contributed by atoms with Crippen molar-refractivity contribution in [3.63, 3.8) is 0 Å². The van der Waals surface area contributed by atoms with Crippen molar-refractivity contribution in [1.82, 2.24) is 5.01 Å². The fourth-order valence-electron chi connectivity index (χ4n) is 0.249. The second-order valence-corrected chi connectivity index (χ2v) is 2.18. The Labute approximate surface area is 50.1 Å². The van der Waals surface area contributed by atoms with Gasteiger partial charge in [0.1, 0.15) is 5.72 Å². The minimum absolute atomic E-state index is 0.639. The van der Waals surface area contributed by atoms with E-state index in [9.17, 15) is 5.11 Å². The van der Waals surface area contributed by atoms with Gasteiger partial charge in [0.15, 0.2) is 0 Å². The van der Waals surface area contributed by atoms with Crippen LogP contribution >= 0.6 is 0 Å². The zero-order valence-electron chi connectivity index (χ0n) is 5.68. The molecule has 1 atom stereocenters. The molecule has 0 spiro atoms. The van der Waals surface area contributed by atoms with Gasteiger partial charge in [0.05, 0.1) is 0 Å². The van der Waals surface area contributed by atoms with Crippen LogP contribution in [-0.2, 0) is 0 Å². The Hall–Kier alpha value is -0.120. The highest BCUT2D eigenvalue weighted by Crippen LogP contribution is 2.07. The molecule has 8 heavy (non-hydrogen) atoms. The molecule has 0 aromatic rings. The first-order valence-electron chi connectivity index (χ1n) is 2.71. The fourth-order valence-corrected chi connectivity index (χ4v) is 0.249. The van der Waals surface area contributed by atoms with Gasteiger partial charge in [0.2, 0.25) is 0 Å². The largest absolute Gasteiger partial charge is 0.375 e. The molecule has 0 rings (SSSR count). The summed E-state index contributed by atoms with van der Waals surface area (Å²) in [7, 11) is 1.64. The molecule has 0 aliphatic carbocycles. The van der Waals surface area contributed by atoms with Gasteiger partial charge in [-0.25, -0.2) is 5.01 Å². The van der Waals surface area contributed by atoms with Gasteiger partial charge in [-0.3, -0.25) is 5.84 Å². The van der Waals surface area contributed by atoms with Crippen LogP contribution in [0.4, 0.5) is 0 Å². The van der Waals surface area contributed by atoms with E-state index in [4.69, 9.17) is 5.84 Å². The molecule has 0 heterocycles. The van der Waals surface area contributed by atoms with Gasteiger partial charge in [0, 0.05) is 7.05 Å². The van der Waals surface area contributed by atoms with Gasteiger partial charge in [-0.2, -0.15) is 0 Å². The second kappa shape index (κ2) is 2.44. The van der Waals surface area contributed by atoms with E-state index in [0.29, 0.717) is 6.42 Å². The fraction of sp³-hybridized carbons (Fsp3) is 1.00. The molecular formula is C5H14N2O. The van der Waals surface area contributed by atoms with Gasteiger partial charge in [-0.15, -0.1) is 0 Å². The smallest absolute Gasteiger partial charge is 0.127 e. The Morgan fingerprint density at radius 1 is 1.75 bits per heavy atom. The normalized spacial score (nSPS) is 18.8. The third-order valence-electron chi connectivity index (χ3n) is 1.43. The number of rotatable bonds is 2. The van der Waals surface area contributed by atoms with Gasteiger partial charge in [-0.05, 0) is 13.3 Å². The number of nitrogens with zero attached hydrogens (tertiary/aromatic N) is 1. The van der Waals surface area contributed by atoms with E-state index in [1.165, 1.54) is 5.01 Å². The van der Waals surface area contributed by atoms with Crippen LogP contribution in [0.1, 0.15) is 20.3 Å². The van der Waals surface area contributed by atoms with E-state index in [-0.39, 0.29) is 0 Å². The molecule has 3 heteroatoms. The maximum absolute atomic E-state index is 9.20. The minimum atomic E-state index is -0.847. The Balaban J connectivity index is 3.71. The molecule has 0 saturated heterocycles. The Morgan fingerprint density at radius 3 is 2.12 bits per heavy atom. The molecule has 0 bridgehead atoms. The first-order valence-corrected chi connectivity index (χ1v) is 2.71. The van der Waals surface area contributed by atoms with E-state index in [1.807, 2.05) is 6.92 Å². The van der Waals surface area contributed by atoms with Crippen LogP contribution in [0, 0.1) is 0 Å². The monoisotopic (exact) mass is 118 g/mol. The zero-order valence-corrected chi connectivity index (χ0v) is 5.68. The molecule has 3 N–H and O–H groups in total. The summed E-state index contributed by atoms with van der Waals surface area (Å²) in [6, 6.07) is 0. The summed E-state index contributed by atoms with van der Waals surface area (Å²) >= 11 is 0. The molecule has 0 saturated carbocycles. The summed E-state index contributed by atoms with van der Waals surface area (Å²) in [5, 5.41) is 10.5. The Morgan fingerprint density at radius 2 is 2.12 bits per heavy atom. The molecule has 1 unspecified atom stereocenters. The van der Waals surface area contributed by atoms with Crippen molar-refractivity contribution in [3.05, 3.63) is 0 Å². The van der Waals surface area contributed by atoms with Crippen LogP contribution in [0.3, 0.4) is 0 Å². The van der Waals surface area contributed by atoms with E-state index < -0.39 is 5.72 Å². The highest BCUT2D eigenvalue weighted by atomic mass is 16.3. The number of hydrogen-bond acceptors (Lipinski definition) is 3. The quantitative estimate of drug-likeness (QED) is 0.303. The molecule has 0 radical (unpaired) electrons. The maximum atomic E-state index is 9.20. The average molecular weight is 118 g/mol. The highest BCUT2D eigenvalue weighted by Gasteiger charge is 2.19. The number of hydrazine groups is 1. The lowest BCUT2D eigenvalue weighted by atomic mass is 10.2. The van der Waals surface area contributed by atoms with Gasteiger partial charge in [0.25, 0.3) is 0 Å². The van der Waals surface area contributed by atoms with Crippen molar-refractivity contribution in [1.29, 1.82) is 0 Å². The minimum Gasteiger partial charge on any atom is -0.375 e. The molecule has 0 fully saturated rings. The van der Waals surface area contributed by atoms with Crippen LogP contribution in [0.5, 0.6) is 0 Å². The molecule has 0 amide bonds. The standard InChI is InChI=1S/C5H14N2O/c1-4-5(2,8)7(3)6/h8H,4,6H2,1-3H3. The van der Waals surface area contributed by atoms with Crippen LogP contribution < -0.4 is 5.84 Å². The van der Waals surface area contributed by atoms with E-state index in [1.54, 1.807) is 14.0 Å². The molecular weight excluding hydrogens is 104 g/mol. The molecule has 0 aliphatic rings. The summed E-state index contributed by atoms with van der Waals surface area (Å²) in [5.74, 6) is 5.26. The zero-order chi connectivity index (χ0) is 6.78. The molecule has 50 valence electrons. The first-order chi connectivity index (χ1) is 3.50. The summed E-state index contributed by atoms with van der Waals surface area (Å²) in [5.41, 5.74) is -0.847. The van der Waals surface area contributed by atoms with Crippen molar-refractivity contribution in [3.8, 4) is 0 Å². The van der Waals surface area contributed by atoms with Gasteiger partial charge >= 0.3 is 0 Å². The summed E-state index contributed by atoms with van der Waals surface area (Å²) in [6.07, 6.45) is 0.639. The lowest BCUT2D eigenvalue weighted by Gasteiger charge is -2.28. The lowest BCUT2D eigenvalue weighted by Crippen LogP contribution is -2.47. The maximum Gasteiger partial charge on any atom is 0.127 e. The SMILES string of the molecule is CCC(C)(O)N(C)N. The predicted octanol–water partition coefficient (Wildman–Crippen LogP) is -0.0896. The highest BCUT2D eigenvalue weighted by molar-refractivity contribution is 4.62. The van der Waals surface area contributed by atoms with Crippen molar-refractivity contribution in [2.24, 2.45) is 5.84 Å². The number of aliphatic hydroxyl groups is 1. The summed E-state index contributed by atoms with van der Waals surface area (Å²) in [4.78, 5) is 0. The first kappa shape index (κ1) is 7.88. The van der Waals surface area contributed by atoms with Crippen LogP contribution in [0.25, 0.3) is 0 Å². The van der Waals surface area contributed by atoms with Crippen LogP contribution in [0.15, 0.2) is 0 Å². The third-order valence-corrected chi connectivity index (χ3v) is 1.43. The predicted molar refractivity (Wildman–Crippen MR) is 32.9 cm³/mol. The van der Waals surface area contributed by atoms with Crippen LogP contribution in [-0.4, -0.2) is 22.9 Å². The van der Waals surface area contributed by atoms with Crippen molar-refractivity contribution in [2.45, 2.75) is 26.0 Å². The Bertz CT molecular complexity index is 70.8. The second-order valence-electron chi connectivity index (χ2n) is 2.18. The summed E-state index contributed by atoms with van der Waals surface area (Å²) < 4.78 is 0. The molecule has 0 aromatic carbocycles. The van der Waals surface area contributed by atoms with Crippen molar-refractivity contribution >= 4 is 0 Å². The van der Waals surface area contributed by atoms with Crippen molar-refractivity contribution < 1.29 is 5.11 Å². The van der Waals surface area contributed by atoms with Gasteiger partial charge < -0.3 is 5.11 Å².